The number of benzene rings is 2. The molecule has 146 valence electrons. The highest BCUT2D eigenvalue weighted by Gasteiger charge is 2.11. The van der Waals surface area contributed by atoms with E-state index in [0.717, 1.165) is 10.9 Å². The van der Waals surface area contributed by atoms with Gasteiger partial charge in [-0.2, -0.15) is 5.10 Å². The van der Waals surface area contributed by atoms with Crippen LogP contribution in [-0.4, -0.2) is 36.0 Å². The van der Waals surface area contributed by atoms with Gasteiger partial charge in [-0.05, 0) is 30.7 Å². The molecule has 0 bridgehead atoms. The Morgan fingerprint density at radius 3 is 2.68 bits per heavy atom. The van der Waals surface area contributed by atoms with Crippen LogP contribution in [0.4, 0.5) is 0 Å². The van der Waals surface area contributed by atoms with E-state index in [-0.39, 0.29) is 24.6 Å². The van der Waals surface area contributed by atoms with Gasteiger partial charge in [-0.3, -0.25) is 9.59 Å². The number of aryl methyl sites for hydroxylation is 1. The normalized spacial score (nSPS) is 10.8. The third kappa shape index (κ3) is 4.75. The zero-order chi connectivity index (χ0) is 19.9. The maximum absolute atomic E-state index is 12.5. The van der Waals surface area contributed by atoms with Crippen LogP contribution < -0.4 is 15.6 Å². The zero-order valence-electron chi connectivity index (χ0n) is 16.0. The van der Waals surface area contributed by atoms with E-state index in [4.69, 9.17) is 9.47 Å². The zero-order valence-corrected chi connectivity index (χ0v) is 16.0. The van der Waals surface area contributed by atoms with Gasteiger partial charge in [0.05, 0.1) is 30.8 Å². The van der Waals surface area contributed by atoms with E-state index in [9.17, 15) is 9.59 Å². The summed E-state index contributed by atoms with van der Waals surface area (Å²) >= 11 is 0. The summed E-state index contributed by atoms with van der Waals surface area (Å²) in [5.41, 5.74) is 1.51. The highest BCUT2D eigenvalue weighted by atomic mass is 16.5. The minimum Gasteiger partial charge on any atom is -0.484 e. The Balaban J connectivity index is 1.71. The molecule has 0 fully saturated rings. The van der Waals surface area contributed by atoms with Crippen molar-refractivity contribution in [1.29, 1.82) is 0 Å². The fourth-order valence-electron chi connectivity index (χ4n) is 2.85. The number of aromatic nitrogens is 2. The Morgan fingerprint density at radius 2 is 1.93 bits per heavy atom. The monoisotopic (exact) mass is 381 g/mol. The number of hydrogen-bond donors (Lipinski definition) is 1. The van der Waals surface area contributed by atoms with E-state index in [1.165, 1.54) is 4.68 Å². The van der Waals surface area contributed by atoms with E-state index < -0.39 is 0 Å². The molecular formula is C21H23N3O4. The number of fused-ring (bicyclic) bond motifs is 1. The summed E-state index contributed by atoms with van der Waals surface area (Å²) in [6.45, 7) is 2.79. The third-order valence-corrected chi connectivity index (χ3v) is 4.26. The molecular weight excluding hydrogens is 358 g/mol. The molecule has 0 aliphatic carbocycles. The van der Waals surface area contributed by atoms with Crippen molar-refractivity contribution >= 4 is 16.7 Å². The van der Waals surface area contributed by atoms with Crippen molar-refractivity contribution in [1.82, 2.24) is 15.1 Å². The van der Waals surface area contributed by atoms with E-state index in [1.807, 2.05) is 43.3 Å². The third-order valence-electron chi connectivity index (χ3n) is 4.26. The van der Waals surface area contributed by atoms with Crippen LogP contribution in [0.15, 0.2) is 53.3 Å². The van der Waals surface area contributed by atoms with E-state index >= 15 is 0 Å². The smallest absolute Gasteiger partial charge is 0.274 e. The molecule has 1 heterocycles. The Morgan fingerprint density at radius 1 is 1.14 bits per heavy atom. The minimum absolute atomic E-state index is 0.0926. The van der Waals surface area contributed by atoms with Crippen molar-refractivity contribution in [2.75, 3.05) is 20.3 Å². The molecule has 1 aromatic heterocycles. The molecule has 2 aromatic carbocycles. The van der Waals surface area contributed by atoms with Gasteiger partial charge in [0.25, 0.3) is 11.5 Å². The van der Waals surface area contributed by atoms with Gasteiger partial charge in [-0.25, -0.2) is 4.68 Å². The standard InChI is InChI=1S/C21H23N3O4/c1-15-6-5-7-16(12-15)28-14-20(25)22-13-19-17-8-3-4-9-18(17)21(26)24(23-19)10-11-27-2/h3-9,12H,10-11,13-14H2,1-2H3,(H,22,25). The van der Waals surface area contributed by atoms with Gasteiger partial charge in [-0.15, -0.1) is 0 Å². The number of rotatable bonds is 8. The van der Waals surface area contributed by atoms with E-state index in [2.05, 4.69) is 10.4 Å². The van der Waals surface area contributed by atoms with Crippen LogP contribution in [0.25, 0.3) is 10.8 Å². The van der Waals surface area contributed by atoms with E-state index in [1.54, 1.807) is 19.2 Å². The molecule has 1 amide bonds. The SMILES string of the molecule is COCCn1nc(CNC(=O)COc2cccc(C)c2)c2ccccc2c1=O. The molecule has 3 aromatic rings. The topological polar surface area (TPSA) is 82.4 Å². The molecule has 0 aliphatic heterocycles. The Bertz CT molecular complexity index is 1030. The Hall–Kier alpha value is -3.19. The first kappa shape index (κ1) is 19.6. The molecule has 0 spiro atoms. The van der Waals surface area contributed by atoms with Crippen molar-refractivity contribution in [3.05, 3.63) is 70.1 Å². The maximum Gasteiger partial charge on any atom is 0.274 e. The minimum atomic E-state index is -0.262. The summed E-state index contributed by atoms with van der Waals surface area (Å²) in [5, 5.41) is 8.50. The number of nitrogens with one attached hydrogen (secondary N) is 1. The van der Waals surface area contributed by atoms with Gasteiger partial charge in [0, 0.05) is 12.5 Å². The van der Waals surface area contributed by atoms with E-state index in [0.29, 0.717) is 30.0 Å². The van der Waals surface area contributed by atoms with Crippen LogP contribution in [0.3, 0.4) is 0 Å². The summed E-state index contributed by atoms with van der Waals surface area (Å²) < 4.78 is 11.9. The molecule has 1 N–H and O–H groups in total. The van der Waals surface area contributed by atoms with Crippen molar-refractivity contribution < 1.29 is 14.3 Å². The van der Waals surface area contributed by atoms with Crippen LogP contribution in [-0.2, 0) is 22.6 Å². The molecule has 28 heavy (non-hydrogen) atoms. The van der Waals surface area contributed by atoms with Gasteiger partial charge >= 0.3 is 0 Å². The van der Waals surface area contributed by atoms with Crippen LogP contribution in [0.1, 0.15) is 11.3 Å². The molecule has 7 nitrogen and oxygen atoms in total. The van der Waals surface area contributed by atoms with Gasteiger partial charge < -0.3 is 14.8 Å². The lowest BCUT2D eigenvalue weighted by Crippen LogP contribution is -2.31. The highest BCUT2D eigenvalue weighted by Crippen LogP contribution is 2.14. The maximum atomic E-state index is 12.5. The first-order valence-corrected chi connectivity index (χ1v) is 9.02. The largest absolute Gasteiger partial charge is 0.484 e. The van der Waals surface area contributed by atoms with Crippen LogP contribution >= 0.6 is 0 Å². The average Bonchev–Trinajstić information content (AvgIpc) is 2.71. The van der Waals surface area contributed by atoms with Crippen molar-refractivity contribution in [3.8, 4) is 5.75 Å². The molecule has 0 saturated heterocycles. The lowest BCUT2D eigenvalue weighted by molar-refractivity contribution is -0.123. The van der Waals surface area contributed by atoms with Gasteiger partial charge in [-0.1, -0.05) is 30.3 Å². The summed E-state index contributed by atoms with van der Waals surface area (Å²) in [7, 11) is 1.57. The summed E-state index contributed by atoms with van der Waals surface area (Å²) in [6.07, 6.45) is 0. The number of hydrogen-bond acceptors (Lipinski definition) is 5. The fraction of sp³-hybridized carbons (Fsp3) is 0.286. The van der Waals surface area contributed by atoms with Crippen LogP contribution in [0.2, 0.25) is 0 Å². The second kappa shape index (κ2) is 9.14. The summed E-state index contributed by atoms with van der Waals surface area (Å²) in [5.74, 6) is 0.383. The molecule has 0 atom stereocenters. The molecule has 0 radical (unpaired) electrons. The molecule has 3 rings (SSSR count). The van der Waals surface area contributed by atoms with Gasteiger partial charge in [0.15, 0.2) is 6.61 Å². The molecule has 0 unspecified atom stereocenters. The predicted octanol–water partition coefficient (Wildman–Crippen LogP) is 2.05. The number of carbonyl (C=O) groups is 1. The fourth-order valence-corrected chi connectivity index (χ4v) is 2.85. The summed E-state index contributed by atoms with van der Waals surface area (Å²) in [6, 6.07) is 14.8. The van der Waals surface area contributed by atoms with Crippen LogP contribution in [0.5, 0.6) is 5.75 Å². The lowest BCUT2D eigenvalue weighted by Gasteiger charge is -2.12. The molecule has 7 heteroatoms. The summed E-state index contributed by atoms with van der Waals surface area (Å²) in [4.78, 5) is 24.7. The number of amides is 1. The first-order valence-electron chi connectivity index (χ1n) is 9.02. The Labute approximate surface area is 162 Å². The first-order chi connectivity index (χ1) is 13.6. The Kier molecular flexibility index (Phi) is 6.39. The predicted molar refractivity (Wildman–Crippen MR) is 106 cm³/mol. The second-order valence-electron chi connectivity index (χ2n) is 6.40. The number of methoxy groups -OCH3 is 1. The highest BCUT2D eigenvalue weighted by molar-refractivity contribution is 5.84. The van der Waals surface area contributed by atoms with Crippen molar-refractivity contribution in [3.63, 3.8) is 0 Å². The van der Waals surface area contributed by atoms with Gasteiger partial charge in [0.2, 0.25) is 0 Å². The van der Waals surface area contributed by atoms with Gasteiger partial charge in [0.1, 0.15) is 5.75 Å². The lowest BCUT2D eigenvalue weighted by atomic mass is 10.1. The molecule has 0 saturated carbocycles. The van der Waals surface area contributed by atoms with Crippen LogP contribution in [0, 0.1) is 6.92 Å². The van der Waals surface area contributed by atoms with Crippen molar-refractivity contribution in [2.24, 2.45) is 0 Å². The molecule has 0 aliphatic rings. The van der Waals surface area contributed by atoms with Crippen molar-refractivity contribution in [2.45, 2.75) is 20.0 Å². The number of nitrogens with zero attached hydrogens (tertiary/aromatic N) is 2. The number of ether oxygens (including phenoxy) is 2. The number of carbonyl (C=O) groups excluding carboxylic acids is 1. The second-order valence-corrected chi connectivity index (χ2v) is 6.40. The average molecular weight is 381 g/mol. The quantitative estimate of drug-likeness (QED) is 0.646.